The van der Waals surface area contributed by atoms with Gasteiger partial charge in [0.25, 0.3) is 0 Å². The molecule has 0 rings (SSSR count). The molecule has 0 saturated carbocycles. The number of carbonyl (C=O) groups is 1. The fourth-order valence-corrected chi connectivity index (χ4v) is 1.60. The van der Waals surface area contributed by atoms with Crippen molar-refractivity contribution in [3.05, 3.63) is 12.7 Å². The van der Waals surface area contributed by atoms with E-state index < -0.39 is 14.5 Å². The Kier molecular flexibility index (Phi) is 6.47. The third-order valence-corrected chi connectivity index (χ3v) is 2.56. The molecule has 88 valence electrons. The van der Waals surface area contributed by atoms with Gasteiger partial charge < -0.3 is 14.0 Å². The molecule has 0 fully saturated rings. The molecule has 0 bridgehead atoms. The molecule has 0 aromatic rings. The van der Waals surface area contributed by atoms with E-state index >= 15 is 0 Å². The van der Waals surface area contributed by atoms with Gasteiger partial charge in [0, 0.05) is 6.08 Å². The Hall–Kier alpha value is -0.653. The minimum atomic E-state index is -2.53. The van der Waals surface area contributed by atoms with E-state index in [2.05, 4.69) is 6.58 Å². The SMILES string of the molecule is C=CC(=O)OC(CCC)CO[Si](C)(C)O. The Balaban J connectivity index is 4.04. The van der Waals surface area contributed by atoms with E-state index in [-0.39, 0.29) is 12.7 Å². The number of hydrogen-bond donors (Lipinski definition) is 1. The van der Waals surface area contributed by atoms with Crippen molar-refractivity contribution in [3.8, 4) is 0 Å². The second kappa shape index (κ2) is 6.76. The molecule has 5 heteroatoms. The second-order valence-electron chi connectivity index (χ2n) is 3.81. The van der Waals surface area contributed by atoms with Crippen molar-refractivity contribution >= 4 is 14.5 Å². The van der Waals surface area contributed by atoms with Crippen LogP contribution in [0.3, 0.4) is 0 Å². The summed E-state index contributed by atoms with van der Waals surface area (Å²) in [6, 6.07) is 0. The van der Waals surface area contributed by atoms with E-state index in [1.807, 2.05) is 6.92 Å². The van der Waals surface area contributed by atoms with E-state index in [0.717, 1.165) is 18.9 Å². The zero-order valence-electron chi connectivity index (χ0n) is 9.66. The van der Waals surface area contributed by atoms with Crippen molar-refractivity contribution in [3.63, 3.8) is 0 Å². The molecule has 0 aromatic heterocycles. The lowest BCUT2D eigenvalue weighted by atomic mass is 10.2. The molecule has 0 aromatic carbocycles. The Labute approximate surface area is 92.1 Å². The van der Waals surface area contributed by atoms with Crippen LogP contribution >= 0.6 is 0 Å². The third-order valence-electron chi connectivity index (χ3n) is 1.68. The minimum Gasteiger partial charge on any atom is -0.457 e. The fourth-order valence-electron chi connectivity index (χ4n) is 1.01. The highest BCUT2D eigenvalue weighted by Gasteiger charge is 2.22. The van der Waals surface area contributed by atoms with Crippen molar-refractivity contribution < 1.29 is 18.8 Å². The second-order valence-corrected chi connectivity index (χ2v) is 6.99. The van der Waals surface area contributed by atoms with E-state index in [0.29, 0.717) is 0 Å². The molecule has 1 unspecified atom stereocenters. The summed E-state index contributed by atoms with van der Waals surface area (Å²) in [5.74, 6) is -0.450. The normalized spacial score (nSPS) is 13.3. The average Bonchev–Trinajstić information content (AvgIpc) is 2.13. The molecule has 0 heterocycles. The molecule has 1 N–H and O–H groups in total. The number of rotatable bonds is 7. The molecule has 4 nitrogen and oxygen atoms in total. The van der Waals surface area contributed by atoms with Gasteiger partial charge in [0.1, 0.15) is 6.10 Å². The summed E-state index contributed by atoms with van der Waals surface area (Å²) in [5, 5.41) is 0. The number of ether oxygens (including phenoxy) is 1. The largest absolute Gasteiger partial charge is 0.457 e. The van der Waals surface area contributed by atoms with Crippen LogP contribution in [0.2, 0.25) is 13.1 Å². The topological polar surface area (TPSA) is 55.8 Å². The molecule has 0 saturated heterocycles. The molecule has 0 aliphatic rings. The van der Waals surface area contributed by atoms with Crippen molar-refractivity contribution in [2.24, 2.45) is 0 Å². The summed E-state index contributed by atoms with van der Waals surface area (Å²) in [5.41, 5.74) is 0. The van der Waals surface area contributed by atoms with Gasteiger partial charge in [-0.25, -0.2) is 4.79 Å². The molecule has 0 amide bonds. The monoisotopic (exact) mass is 232 g/mol. The number of carbonyl (C=O) groups excluding carboxylic acids is 1. The maximum atomic E-state index is 11.0. The highest BCUT2D eigenvalue weighted by Crippen LogP contribution is 2.07. The molecule has 15 heavy (non-hydrogen) atoms. The first-order valence-corrected chi connectivity index (χ1v) is 7.94. The summed E-state index contributed by atoms with van der Waals surface area (Å²) < 4.78 is 10.3. The Morgan fingerprint density at radius 1 is 1.60 bits per heavy atom. The van der Waals surface area contributed by atoms with Crippen LogP contribution in [0.15, 0.2) is 12.7 Å². The number of hydrogen-bond acceptors (Lipinski definition) is 4. The first-order valence-electron chi connectivity index (χ1n) is 5.08. The first-order chi connectivity index (χ1) is 6.89. The zero-order valence-corrected chi connectivity index (χ0v) is 10.7. The van der Waals surface area contributed by atoms with E-state index in [1.54, 1.807) is 13.1 Å². The smallest absolute Gasteiger partial charge is 0.330 e. The van der Waals surface area contributed by atoms with E-state index in [4.69, 9.17) is 9.16 Å². The van der Waals surface area contributed by atoms with Gasteiger partial charge in [-0.2, -0.15) is 0 Å². The minimum absolute atomic E-state index is 0.253. The Morgan fingerprint density at radius 3 is 2.60 bits per heavy atom. The predicted octanol–water partition coefficient (Wildman–Crippen LogP) is 1.59. The molecular weight excluding hydrogens is 212 g/mol. The zero-order chi connectivity index (χ0) is 11.9. The van der Waals surface area contributed by atoms with Gasteiger partial charge in [-0.15, -0.1) is 0 Å². The average molecular weight is 232 g/mol. The molecular formula is C10H20O4Si. The van der Waals surface area contributed by atoms with Gasteiger partial charge in [0.2, 0.25) is 0 Å². The summed E-state index contributed by atoms with van der Waals surface area (Å²) in [6.07, 6.45) is 2.46. The van der Waals surface area contributed by atoms with Gasteiger partial charge in [-0.3, -0.25) is 0 Å². The predicted molar refractivity (Wildman–Crippen MR) is 60.6 cm³/mol. The first kappa shape index (κ1) is 14.3. The standard InChI is InChI=1S/C10H20O4Si/c1-5-7-9(14-10(11)6-2)8-13-15(3,4)12/h6,9,12H,2,5,7-8H2,1,3-4H3. The van der Waals surface area contributed by atoms with E-state index in [9.17, 15) is 9.59 Å². The fraction of sp³-hybridized carbons (Fsp3) is 0.700. The van der Waals surface area contributed by atoms with Crippen LogP contribution in [0.4, 0.5) is 0 Å². The van der Waals surface area contributed by atoms with Crippen LogP contribution < -0.4 is 0 Å². The molecule has 1 atom stereocenters. The van der Waals surface area contributed by atoms with E-state index in [1.165, 1.54) is 0 Å². The maximum Gasteiger partial charge on any atom is 0.330 e. The van der Waals surface area contributed by atoms with Gasteiger partial charge in [0.05, 0.1) is 6.61 Å². The van der Waals surface area contributed by atoms with Gasteiger partial charge in [-0.1, -0.05) is 19.9 Å². The van der Waals surface area contributed by atoms with Gasteiger partial charge in [0.15, 0.2) is 0 Å². The summed E-state index contributed by atoms with van der Waals surface area (Å²) in [6.45, 7) is 8.92. The van der Waals surface area contributed by atoms with Gasteiger partial charge in [-0.05, 0) is 19.5 Å². The summed E-state index contributed by atoms with van der Waals surface area (Å²) in [7, 11) is -2.53. The number of esters is 1. The van der Waals surface area contributed by atoms with Gasteiger partial charge >= 0.3 is 14.5 Å². The maximum absolute atomic E-state index is 11.0. The third kappa shape index (κ3) is 8.35. The highest BCUT2D eigenvalue weighted by molar-refractivity contribution is 6.63. The molecule has 0 spiro atoms. The van der Waals surface area contributed by atoms with Crippen LogP contribution in [0, 0.1) is 0 Å². The van der Waals surface area contributed by atoms with Crippen molar-refractivity contribution in [1.29, 1.82) is 0 Å². The highest BCUT2D eigenvalue weighted by atomic mass is 28.4. The van der Waals surface area contributed by atoms with Crippen molar-refractivity contribution in [1.82, 2.24) is 0 Å². The lowest BCUT2D eigenvalue weighted by Crippen LogP contribution is -2.35. The van der Waals surface area contributed by atoms with Crippen molar-refractivity contribution in [2.75, 3.05) is 6.61 Å². The van der Waals surface area contributed by atoms with Crippen LogP contribution in [-0.4, -0.2) is 32.0 Å². The Bertz CT molecular complexity index is 210. The van der Waals surface area contributed by atoms with Crippen LogP contribution in [0.1, 0.15) is 19.8 Å². The molecule has 0 aliphatic heterocycles. The van der Waals surface area contributed by atoms with Crippen LogP contribution in [0.25, 0.3) is 0 Å². The summed E-state index contributed by atoms with van der Waals surface area (Å²) >= 11 is 0. The summed E-state index contributed by atoms with van der Waals surface area (Å²) in [4.78, 5) is 20.5. The van der Waals surface area contributed by atoms with Crippen molar-refractivity contribution in [2.45, 2.75) is 39.0 Å². The van der Waals surface area contributed by atoms with Crippen LogP contribution in [0.5, 0.6) is 0 Å². The quantitative estimate of drug-likeness (QED) is 0.411. The lowest BCUT2D eigenvalue weighted by Gasteiger charge is -2.21. The molecule has 0 aliphatic carbocycles. The van der Waals surface area contributed by atoms with Crippen LogP contribution in [-0.2, 0) is 14.0 Å². The Morgan fingerprint density at radius 2 is 2.20 bits per heavy atom. The molecule has 0 radical (unpaired) electrons. The lowest BCUT2D eigenvalue weighted by molar-refractivity contribution is -0.145.